The van der Waals surface area contributed by atoms with E-state index in [2.05, 4.69) is 48.2 Å². The molecular weight excluding hydrogens is 296 g/mol. The number of carbonyl (C=O) groups is 1. The molecule has 1 heterocycles. The Hall–Kier alpha value is -1.35. The predicted molar refractivity (Wildman–Crippen MR) is 96.9 cm³/mol. The highest BCUT2D eigenvalue weighted by atomic mass is 16.2. The molecular formula is C21H30N2O. The first-order chi connectivity index (χ1) is 11.6. The van der Waals surface area contributed by atoms with Crippen molar-refractivity contribution >= 4 is 5.91 Å². The molecule has 0 aromatic heterocycles. The number of likely N-dealkylation sites (tertiary alicyclic amines) is 1. The van der Waals surface area contributed by atoms with Crippen LogP contribution in [0.1, 0.15) is 50.5 Å². The van der Waals surface area contributed by atoms with Crippen molar-refractivity contribution in [2.24, 2.45) is 5.92 Å². The van der Waals surface area contributed by atoms with E-state index in [9.17, 15) is 4.79 Å². The molecule has 1 amide bonds. The summed E-state index contributed by atoms with van der Waals surface area (Å²) >= 11 is 0. The van der Waals surface area contributed by atoms with E-state index in [0.717, 1.165) is 44.7 Å². The van der Waals surface area contributed by atoms with Gasteiger partial charge in [0.15, 0.2) is 0 Å². The Balaban J connectivity index is 1.45. The van der Waals surface area contributed by atoms with Gasteiger partial charge in [0.25, 0.3) is 0 Å². The van der Waals surface area contributed by atoms with Crippen molar-refractivity contribution in [2.75, 3.05) is 27.2 Å². The van der Waals surface area contributed by atoms with Crippen LogP contribution >= 0.6 is 0 Å². The number of hydrogen-bond acceptors (Lipinski definition) is 2. The van der Waals surface area contributed by atoms with Crippen LogP contribution in [0.2, 0.25) is 0 Å². The Kier molecular flexibility index (Phi) is 3.95. The molecule has 24 heavy (non-hydrogen) atoms. The zero-order valence-electron chi connectivity index (χ0n) is 15.1. The van der Waals surface area contributed by atoms with Crippen molar-refractivity contribution in [2.45, 2.75) is 55.9 Å². The Morgan fingerprint density at radius 1 is 1.08 bits per heavy atom. The third-order valence-electron chi connectivity index (χ3n) is 6.78. The Morgan fingerprint density at radius 2 is 1.71 bits per heavy atom. The molecule has 2 saturated carbocycles. The molecule has 0 bridgehead atoms. The van der Waals surface area contributed by atoms with Gasteiger partial charge in [-0.25, -0.2) is 0 Å². The lowest BCUT2D eigenvalue weighted by atomic mass is 9.81. The molecule has 0 radical (unpaired) electrons. The number of rotatable bonds is 5. The highest BCUT2D eigenvalue weighted by Gasteiger charge is 2.54. The minimum atomic E-state index is -0.199. The third-order valence-corrected chi connectivity index (χ3v) is 6.78. The van der Waals surface area contributed by atoms with Crippen LogP contribution in [0.5, 0.6) is 0 Å². The van der Waals surface area contributed by atoms with E-state index in [1.165, 1.54) is 24.8 Å². The monoisotopic (exact) mass is 326 g/mol. The molecule has 3 heteroatoms. The molecule has 0 atom stereocenters. The lowest BCUT2D eigenvalue weighted by Crippen LogP contribution is -2.55. The van der Waals surface area contributed by atoms with Gasteiger partial charge in [0.2, 0.25) is 5.91 Å². The summed E-state index contributed by atoms with van der Waals surface area (Å²) in [6, 6.07) is 10.4. The van der Waals surface area contributed by atoms with Gasteiger partial charge < -0.3 is 9.80 Å². The number of benzene rings is 1. The molecule has 0 spiro atoms. The van der Waals surface area contributed by atoms with Gasteiger partial charge in [0, 0.05) is 18.6 Å². The molecule has 2 aliphatic carbocycles. The second-order valence-electron chi connectivity index (χ2n) is 8.51. The topological polar surface area (TPSA) is 23.6 Å². The summed E-state index contributed by atoms with van der Waals surface area (Å²) in [5, 5.41) is 0. The summed E-state index contributed by atoms with van der Waals surface area (Å²) < 4.78 is 0. The number of amides is 1. The van der Waals surface area contributed by atoms with Crippen molar-refractivity contribution in [1.82, 2.24) is 9.80 Å². The fraction of sp³-hybridized carbons (Fsp3) is 0.667. The Bertz CT molecular complexity index is 594. The summed E-state index contributed by atoms with van der Waals surface area (Å²) in [7, 11) is 4.46. The van der Waals surface area contributed by atoms with E-state index in [-0.39, 0.29) is 5.41 Å². The zero-order valence-corrected chi connectivity index (χ0v) is 15.1. The van der Waals surface area contributed by atoms with Crippen molar-refractivity contribution in [3.8, 4) is 0 Å². The number of piperidine rings is 1. The van der Waals surface area contributed by atoms with Gasteiger partial charge in [0.05, 0.1) is 5.41 Å². The van der Waals surface area contributed by atoms with Crippen LogP contribution in [0.3, 0.4) is 0 Å². The van der Waals surface area contributed by atoms with Crippen molar-refractivity contribution in [3.05, 3.63) is 35.9 Å². The van der Waals surface area contributed by atoms with Crippen LogP contribution in [-0.4, -0.2) is 48.4 Å². The molecule has 130 valence electrons. The fourth-order valence-corrected chi connectivity index (χ4v) is 4.63. The van der Waals surface area contributed by atoms with Gasteiger partial charge in [0.1, 0.15) is 0 Å². The summed E-state index contributed by atoms with van der Waals surface area (Å²) in [6.45, 7) is 1.86. The number of carbonyl (C=O) groups excluding carboxylic acids is 1. The molecule has 1 aliphatic heterocycles. The molecule has 3 nitrogen and oxygen atoms in total. The Morgan fingerprint density at radius 3 is 2.21 bits per heavy atom. The molecule has 1 saturated heterocycles. The first-order valence-corrected chi connectivity index (χ1v) is 9.58. The van der Waals surface area contributed by atoms with E-state index < -0.39 is 0 Å². The molecule has 4 rings (SSSR count). The smallest absolute Gasteiger partial charge is 0.233 e. The quantitative estimate of drug-likeness (QED) is 0.827. The lowest BCUT2D eigenvalue weighted by Gasteiger charge is -2.47. The van der Waals surface area contributed by atoms with Crippen LogP contribution in [0, 0.1) is 5.92 Å². The maximum absolute atomic E-state index is 13.2. The van der Waals surface area contributed by atoms with E-state index in [1.807, 2.05) is 6.07 Å². The largest absolute Gasteiger partial charge is 0.342 e. The summed E-state index contributed by atoms with van der Waals surface area (Å²) in [4.78, 5) is 17.8. The minimum absolute atomic E-state index is 0.199. The van der Waals surface area contributed by atoms with Crippen LogP contribution in [0.4, 0.5) is 0 Å². The maximum atomic E-state index is 13.2. The van der Waals surface area contributed by atoms with Gasteiger partial charge in [-0.1, -0.05) is 43.2 Å². The highest BCUT2D eigenvalue weighted by molar-refractivity contribution is 5.91. The summed E-state index contributed by atoms with van der Waals surface area (Å²) in [5.41, 5.74) is 1.34. The average molecular weight is 326 g/mol. The van der Waals surface area contributed by atoms with Gasteiger partial charge in [-0.15, -0.1) is 0 Å². The SMILES string of the molecule is CN(C)C1(CC2CC2)CCN(C(=O)C2(c3ccccc3)CC2)CC1. The highest BCUT2D eigenvalue weighted by Crippen LogP contribution is 2.50. The first kappa shape index (κ1) is 16.1. The average Bonchev–Trinajstić information content (AvgIpc) is 3.51. The number of hydrogen-bond donors (Lipinski definition) is 0. The van der Waals surface area contributed by atoms with Crippen LogP contribution in [0.25, 0.3) is 0 Å². The normalized spacial score (nSPS) is 24.9. The molecule has 3 fully saturated rings. The lowest BCUT2D eigenvalue weighted by molar-refractivity contribution is -0.136. The fourth-order valence-electron chi connectivity index (χ4n) is 4.63. The second-order valence-corrected chi connectivity index (χ2v) is 8.51. The van der Waals surface area contributed by atoms with E-state index in [4.69, 9.17) is 0 Å². The van der Waals surface area contributed by atoms with Crippen LogP contribution < -0.4 is 0 Å². The van der Waals surface area contributed by atoms with E-state index >= 15 is 0 Å². The van der Waals surface area contributed by atoms with E-state index in [0.29, 0.717) is 11.4 Å². The second kappa shape index (κ2) is 5.87. The van der Waals surface area contributed by atoms with Gasteiger partial charge in [-0.3, -0.25) is 4.79 Å². The van der Waals surface area contributed by atoms with Crippen LogP contribution in [0.15, 0.2) is 30.3 Å². The standard InChI is InChI=1S/C21H30N2O/c1-22(2)20(16-17-8-9-17)12-14-23(15-13-20)19(24)21(10-11-21)18-6-4-3-5-7-18/h3-7,17H,8-16H2,1-2H3. The van der Waals surface area contributed by atoms with Crippen LogP contribution in [-0.2, 0) is 10.2 Å². The van der Waals surface area contributed by atoms with Crippen molar-refractivity contribution < 1.29 is 4.79 Å². The van der Waals surface area contributed by atoms with Gasteiger partial charge in [-0.05, 0) is 57.7 Å². The third kappa shape index (κ3) is 2.77. The van der Waals surface area contributed by atoms with Crippen molar-refractivity contribution in [1.29, 1.82) is 0 Å². The predicted octanol–water partition coefficient (Wildman–Crippen LogP) is 3.44. The molecule has 0 unspecified atom stereocenters. The zero-order chi connectivity index (χ0) is 16.8. The Labute approximate surface area is 146 Å². The first-order valence-electron chi connectivity index (χ1n) is 9.58. The minimum Gasteiger partial charge on any atom is -0.342 e. The molecule has 1 aromatic rings. The molecule has 1 aromatic carbocycles. The van der Waals surface area contributed by atoms with E-state index in [1.54, 1.807) is 0 Å². The summed E-state index contributed by atoms with van der Waals surface area (Å²) in [6.07, 6.45) is 8.46. The van der Waals surface area contributed by atoms with Gasteiger partial charge in [-0.2, -0.15) is 0 Å². The maximum Gasteiger partial charge on any atom is 0.233 e. The van der Waals surface area contributed by atoms with Crippen molar-refractivity contribution in [3.63, 3.8) is 0 Å². The molecule has 3 aliphatic rings. The van der Waals surface area contributed by atoms with Gasteiger partial charge >= 0.3 is 0 Å². The molecule has 0 N–H and O–H groups in total. The summed E-state index contributed by atoms with van der Waals surface area (Å²) in [5.74, 6) is 1.32. The number of nitrogens with zero attached hydrogens (tertiary/aromatic N) is 2.